The Morgan fingerprint density at radius 3 is 1.91 bits per heavy atom. The normalized spacial score (nSPS) is 11.7. The molecule has 0 amide bonds. The lowest BCUT2D eigenvalue weighted by Gasteiger charge is -2.27. The molecule has 22 heavy (non-hydrogen) atoms. The van der Waals surface area contributed by atoms with Crippen LogP contribution in [0.5, 0.6) is 0 Å². The van der Waals surface area contributed by atoms with Crippen LogP contribution in [0.4, 0.5) is 17.1 Å². The van der Waals surface area contributed by atoms with E-state index < -0.39 is 9.85 Å². The van der Waals surface area contributed by atoms with Gasteiger partial charge < -0.3 is 4.90 Å². The number of nitrogens with zero attached hydrogens (tertiary/aromatic N) is 3. The number of nitro groups is 2. The van der Waals surface area contributed by atoms with Crippen LogP contribution in [0.25, 0.3) is 0 Å². The van der Waals surface area contributed by atoms with Crippen LogP contribution in [0.15, 0.2) is 48.5 Å². The van der Waals surface area contributed by atoms with E-state index in [4.69, 9.17) is 0 Å². The van der Waals surface area contributed by atoms with Crippen molar-refractivity contribution in [2.45, 2.75) is 13.0 Å². The Morgan fingerprint density at radius 2 is 1.45 bits per heavy atom. The van der Waals surface area contributed by atoms with Crippen LogP contribution >= 0.6 is 0 Å². The molecule has 7 heteroatoms. The highest BCUT2D eigenvalue weighted by atomic mass is 16.6. The molecule has 1 atom stereocenters. The molecule has 0 heterocycles. The minimum atomic E-state index is -0.627. The van der Waals surface area contributed by atoms with Gasteiger partial charge in [0.2, 0.25) is 0 Å². The monoisotopic (exact) mass is 301 g/mol. The average molecular weight is 301 g/mol. The van der Waals surface area contributed by atoms with Crippen molar-refractivity contribution >= 4 is 17.1 Å². The lowest BCUT2D eigenvalue weighted by Crippen LogP contribution is -2.21. The molecule has 0 aromatic heterocycles. The van der Waals surface area contributed by atoms with E-state index >= 15 is 0 Å². The molecule has 0 saturated carbocycles. The maximum absolute atomic E-state index is 11.0. The van der Waals surface area contributed by atoms with Gasteiger partial charge in [-0.05, 0) is 12.5 Å². The molecule has 2 aromatic rings. The lowest BCUT2D eigenvalue weighted by molar-refractivity contribution is -0.394. The summed E-state index contributed by atoms with van der Waals surface area (Å²) in [5.74, 6) is 0. The summed E-state index contributed by atoms with van der Waals surface area (Å²) in [6, 6.07) is 13.1. The van der Waals surface area contributed by atoms with Crippen LogP contribution in [0, 0.1) is 20.2 Å². The number of benzene rings is 2. The highest BCUT2D eigenvalue weighted by molar-refractivity contribution is 5.60. The van der Waals surface area contributed by atoms with Gasteiger partial charge in [0, 0.05) is 19.2 Å². The van der Waals surface area contributed by atoms with E-state index in [1.54, 1.807) is 11.9 Å². The summed E-state index contributed by atoms with van der Waals surface area (Å²) < 4.78 is 0. The van der Waals surface area contributed by atoms with Crippen molar-refractivity contribution in [3.8, 4) is 0 Å². The molecule has 114 valence electrons. The number of rotatable bonds is 5. The van der Waals surface area contributed by atoms with Crippen molar-refractivity contribution in [2.75, 3.05) is 11.9 Å². The molecule has 0 saturated heterocycles. The van der Waals surface area contributed by atoms with Crippen molar-refractivity contribution in [1.82, 2.24) is 0 Å². The first-order valence-corrected chi connectivity index (χ1v) is 6.62. The number of nitro benzene ring substituents is 2. The Labute approximate surface area is 127 Å². The van der Waals surface area contributed by atoms with Gasteiger partial charge in [0.05, 0.1) is 27.6 Å². The van der Waals surface area contributed by atoms with Gasteiger partial charge in [-0.1, -0.05) is 30.3 Å². The number of anilines is 1. The van der Waals surface area contributed by atoms with Gasteiger partial charge in [0.15, 0.2) is 0 Å². The number of hydrogen-bond donors (Lipinski definition) is 0. The second kappa shape index (κ2) is 6.21. The largest absolute Gasteiger partial charge is 0.367 e. The zero-order valence-electron chi connectivity index (χ0n) is 12.2. The first-order valence-electron chi connectivity index (χ1n) is 6.62. The predicted molar refractivity (Wildman–Crippen MR) is 83.0 cm³/mol. The molecule has 0 fully saturated rings. The molecular formula is C15H15N3O4. The number of hydrogen-bond acceptors (Lipinski definition) is 5. The van der Waals surface area contributed by atoms with Gasteiger partial charge in [0.25, 0.3) is 11.4 Å². The third-order valence-corrected chi connectivity index (χ3v) is 3.58. The van der Waals surface area contributed by atoms with Crippen LogP contribution in [0.2, 0.25) is 0 Å². The van der Waals surface area contributed by atoms with Gasteiger partial charge in [0.1, 0.15) is 0 Å². The van der Waals surface area contributed by atoms with E-state index in [0.717, 1.165) is 11.6 Å². The first kappa shape index (κ1) is 15.4. The molecule has 0 bridgehead atoms. The van der Waals surface area contributed by atoms with E-state index in [-0.39, 0.29) is 17.4 Å². The summed E-state index contributed by atoms with van der Waals surface area (Å²) in [5, 5.41) is 21.9. The quantitative estimate of drug-likeness (QED) is 0.620. The smallest absolute Gasteiger partial charge is 0.278 e. The third-order valence-electron chi connectivity index (χ3n) is 3.58. The standard InChI is InChI=1S/C15H15N3O4/c1-11(12-6-4-3-5-7-12)16(2)13-8-14(17(19)20)10-15(9-13)18(21)22/h3-11H,1-2H3. The molecule has 0 spiro atoms. The van der Waals surface area contributed by atoms with Gasteiger partial charge in [-0.15, -0.1) is 0 Å². The fourth-order valence-electron chi connectivity index (χ4n) is 2.17. The fraction of sp³-hybridized carbons (Fsp3) is 0.200. The van der Waals surface area contributed by atoms with Crippen molar-refractivity contribution in [1.29, 1.82) is 0 Å². The zero-order chi connectivity index (χ0) is 16.3. The molecule has 2 aromatic carbocycles. The molecule has 2 rings (SSSR count). The summed E-state index contributed by atoms with van der Waals surface area (Å²) in [6.07, 6.45) is 0. The molecule has 0 aliphatic rings. The molecular weight excluding hydrogens is 286 g/mol. The summed E-state index contributed by atoms with van der Waals surface area (Å²) in [6.45, 7) is 1.93. The van der Waals surface area contributed by atoms with Gasteiger partial charge in [-0.25, -0.2) is 0 Å². The van der Waals surface area contributed by atoms with E-state index in [9.17, 15) is 20.2 Å². The molecule has 0 N–H and O–H groups in total. The first-order chi connectivity index (χ1) is 10.4. The van der Waals surface area contributed by atoms with Crippen molar-refractivity contribution in [3.05, 3.63) is 74.3 Å². The Balaban J connectivity index is 2.42. The summed E-state index contributed by atoms with van der Waals surface area (Å²) >= 11 is 0. The molecule has 0 aliphatic heterocycles. The highest BCUT2D eigenvalue weighted by Crippen LogP contribution is 2.32. The Morgan fingerprint density at radius 1 is 0.955 bits per heavy atom. The summed E-state index contributed by atoms with van der Waals surface area (Å²) in [4.78, 5) is 22.4. The molecule has 0 radical (unpaired) electrons. The van der Waals surface area contributed by atoms with Gasteiger partial charge in [-0.3, -0.25) is 20.2 Å². The minimum Gasteiger partial charge on any atom is -0.367 e. The molecule has 1 unspecified atom stereocenters. The Kier molecular flexibility index (Phi) is 4.36. The van der Waals surface area contributed by atoms with Crippen molar-refractivity contribution in [2.24, 2.45) is 0 Å². The second-order valence-corrected chi connectivity index (χ2v) is 4.92. The van der Waals surface area contributed by atoms with Crippen LogP contribution in [0.1, 0.15) is 18.5 Å². The maximum Gasteiger partial charge on any atom is 0.278 e. The van der Waals surface area contributed by atoms with Gasteiger partial charge in [-0.2, -0.15) is 0 Å². The molecule has 0 aliphatic carbocycles. The second-order valence-electron chi connectivity index (χ2n) is 4.92. The zero-order valence-corrected chi connectivity index (χ0v) is 12.2. The Hall–Kier alpha value is -2.96. The van der Waals surface area contributed by atoms with Crippen LogP contribution in [-0.4, -0.2) is 16.9 Å². The summed E-state index contributed by atoms with van der Waals surface area (Å²) in [7, 11) is 1.75. The fourth-order valence-corrected chi connectivity index (χ4v) is 2.17. The van der Waals surface area contributed by atoms with Crippen LogP contribution < -0.4 is 4.90 Å². The SMILES string of the molecule is CC(c1ccccc1)N(C)c1cc([N+](=O)[O-])cc([N+](=O)[O-])c1. The van der Waals surface area contributed by atoms with Gasteiger partial charge >= 0.3 is 0 Å². The topological polar surface area (TPSA) is 89.5 Å². The Bertz CT molecular complexity index is 671. The van der Waals surface area contributed by atoms with E-state index in [0.29, 0.717) is 5.69 Å². The number of non-ortho nitro benzene ring substituents is 2. The predicted octanol–water partition coefficient (Wildman–Crippen LogP) is 3.70. The van der Waals surface area contributed by atoms with Crippen LogP contribution in [0.3, 0.4) is 0 Å². The summed E-state index contributed by atoms with van der Waals surface area (Å²) in [5.41, 5.74) is 0.851. The van der Waals surface area contributed by atoms with Crippen molar-refractivity contribution < 1.29 is 9.85 Å². The maximum atomic E-state index is 11.0. The van der Waals surface area contributed by atoms with E-state index in [1.807, 2.05) is 37.3 Å². The van der Waals surface area contributed by atoms with Crippen LogP contribution in [-0.2, 0) is 0 Å². The highest BCUT2D eigenvalue weighted by Gasteiger charge is 2.20. The third kappa shape index (κ3) is 3.20. The molecule has 7 nitrogen and oxygen atoms in total. The lowest BCUT2D eigenvalue weighted by atomic mass is 10.1. The van der Waals surface area contributed by atoms with E-state index in [2.05, 4.69) is 0 Å². The van der Waals surface area contributed by atoms with E-state index in [1.165, 1.54) is 12.1 Å². The average Bonchev–Trinajstić information content (AvgIpc) is 2.53. The van der Waals surface area contributed by atoms with Crippen molar-refractivity contribution in [3.63, 3.8) is 0 Å². The minimum absolute atomic E-state index is 0.0807.